The molecular weight excluding hydrogens is 272 g/mol. The van der Waals surface area contributed by atoms with E-state index in [2.05, 4.69) is 28.9 Å². The highest BCUT2D eigenvalue weighted by Gasteiger charge is 2.08. The van der Waals surface area contributed by atoms with Crippen molar-refractivity contribution in [2.75, 3.05) is 13.2 Å². The maximum atomic E-state index is 9.23. The first kappa shape index (κ1) is 15.0. The number of aliphatic hydroxyl groups excluding tert-OH is 1. The molecule has 1 N–H and O–H groups in total. The quantitative estimate of drug-likeness (QED) is 0.831. The Labute approximate surface area is 124 Å². The molecular formula is C16H19ClN2O. The van der Waals surface area contributed by atoms with Crippen molar-refractivity contribution in [2.45, 2.75) is 20.0 Å². The topological polar surface area (TPSA) is 36.4 Å². The van der Waals surface area contributed by atoms with Crippen molar-refractivity contribution in [3.8, 4) is 0 Å². The van der Waals surface area contributed by atoms with Crippen molar-refractivity contribution >= 4 is 11.6 Å². The van der Waals surface area contributed by atoms with Crippen LogP contribution in [0.4, 0.5) is 0 Å². The molecule has 0 saturated carbocycles. The summed E-state index contributed by atoms with van der Waals surface area (Å²) >= 11 is 5.80. The van der Waals surface area contributed by atoms with Crippen LogP contribution in [0.3, 0.4) is 0 Å². The smallest absolute Gasteiger partial charge is 0.129 e. The van der Waals surface area contributed by atoms with E-state index in [1.807, 2.05) is 18.2 Å². The second kappa shape index (κ2) is 7.39. The second-order valence-corrected chi connectivity index (χ2v) is 5.24. The van der Waals surface area contributed by atoms with Gasteiger partial charge in [0.1, 0.15) is 5.15 Å². The minimum atomic E-state index is 0.146. The van der Waals surface area contributed by atoms with Gasteiger partial charge in [-0.1, -0.05) is 41.9 Å². The molecule has 0 unspecified atom stereocenters. The van der Waals surface area contributed by atoms with Gasteiger partial charge in [-0.05, 0) is 29.7 Å². The van der Waals surface area contributed by atoms with E-state index >= 15 is 0 Å². The maximum Gasteiger partial charge on any atom is 0.129 e. The number of aromatic nitrogens is 1. The Morgan fingerprint density at radius 2 is 1.95 bits per heavy atom. The molecule has 2 aromatic rings. The standard InChI is InChI=1S/C16H19ClN2O/c1-13-4-2-3-5-15(13)12-19(8-9-20)11-14-6-7-16(17)18-10-14/h2-7,10,20H,8-9,11-12H2,1H3. The lowest BCUT2D eigenvalue weighted by molar-refractivity contribution is 0.184. The molecule has 1 heterocycles. The third-order valence-electron chi connectivity index (χ3n) is 3.27. The van der Waals surface area contributed by atoms with Crippen molar-refractivity contribution in [3.63, 3.8) is 0 Å². The summed E-state index contributed by atoms with van der Waals surface area (Å²) in [5.74, 6) is 0. The lowest BCUT2D eigenvalue weighted by atomic mass is 10.1. The highest BCUT2D eigenvalue weighted by molar-refractivity contribution is 6.29. The first-order chi connectivity index (χ1) is 9.69. The fraction of sp³-hybridized carbons (Fsp3) is 0.312. The average molecular weight is 291 g/mol. The van der Waals surface area contributed by atoms with Gasteiger partial charge in [-0.25, -0.2) is 4.98 Å². The van der Waals surface area contributed by atoms with Gasteiger partial charge in [-0.15, -0.1) is 0 Å². The van der Waals surface area contributed by atoms with E-state index in [-0.39, 0.29) is 6.61 Å². The molecule has 0 fully saturated rings. The Kier molecular flexibility index (Phi) is 5.53. The molecule has 0 aliphatic heterocycles. The van der Waals surface area contributed by atoms with Crippen molar-refractivity contribution in [2.24, 2.45) is 0 Å². The summed E-state index contributed by atoms with van der Waals surface area (Å²) in [4.78, 5) is 6.29. The van der Waals surface area contributed by atoms with E-state index in [0.29, 0.717) is 11.7 Å². The number of pyridine rings is 1. The number of halogens is 1. The molecule has 20 heavy (non-hydrogen) atoms. The van der Waals surface area contributed by atoms with Crippen molar-refractivity contribution in [3.05, 3.63) is 64.4 Å². The van der Waals surface area contributed by atoms with Gasteiger partial charge in [0.05, 0.1) is 6.61 Å². The number of benzene rings is 1. The third kappa shape index (κ3) is 4.30. The van der Waals surface area contributed by atoms with Crippen LogP contribution in [0.1, 0.15) is 16.7 Å². The van der Waals surface area contributed by atoms with Crippen LogP contribution in [0.5, 0.6) is 0 Å². The van der Waals surface area contributed by atoms with Gasteiger partial charge in [0.2, 0.25) is 0 Å². The molecule has 2 rings (SSSR count). The minimum absolute atomic E-state index is 0.146. The zero-order valence-corrected chi connectivity index (χ0v) is 12.3. The molecule has 106 valence electrons. The van der Waals surface area contributed by atoms with Gasteiger partial charge in [-0.3, -0.25) is 4.90 Å². The first-order valence-corrected chi connectivity index (χ1v) is 7.05. The zero-order chi connectivity index (χ0) is 14.4. The van der Waals surface area contributed by atoms with Gasteiger partial charge >= 0.3 is 0 Å². The molecule has 0 saturated heterocycles. The van der Waals surface area contributed by atoms with Crippen LogP contribution in [0.25, 0.3) is 0 Å². The van der Waals surface area contributed by atoms with Crippen molar-refractivity contribution in [1.82, 2.24) is 9.88 Å². The van der Waals surface area contributed by atoms with Crippen LogP contribution in [-0.2, 0) is 13.1 Å². The molecule has 3 nitrogen and oxygen atoms in total. The highest BCUT2D eigenvalue weighted by Crippen LogP contribution is 2.13. The number of rotatable bonds is 6. The molecule has 4 heteroatoms. The third-order valence-corrected chi connectivity index (χ3v) is 3.49. The Morgan fingerprint density at radius 1 is 1.15 bits per heavy atom. The fourth-order valence-corrected chi connectivity index (χ4v) is 2.25. The Morgan fingerprint density at radius 3 is 2.60 bits per heavy atom. The largest absolute Gasteiger partial charge is 0.395 e. The average Bonchev–Trinajstić information content (AvgIpc) is 2.44. The number of aryl methyl sites for hydroxylation is 1. The Hall–Kier alpha value is -1.42. The van der Waals surface area contributed by atoms with Gasteiger partial charge < -0.3 is 5.11 Å². The number of nitrogens with zero attached hydrogens (tertiary/aromatic N) is 2. The van der Waals surface area contributed by atoms with E-state index < -0.39 is 0 Å². The number of aliphatic hydroxyl groups is 1. The first-order valence-electron chi connectivity index (χ1n) is 6.67. The molecule has 0 bridgehead atoms. The lowest BCUT2D eigenvalue weighted by Gasteiger charge is -2.22. The molecule has 0 aliphatic rings. The van der Waals surface area contributed by atoms with E-state index in [1.165, 1.54) is 11.1 Å². The molecule has 1 aromatic carbocycles. The van der Waals surface area contributed by atoms with Crippen LogP contribution >= 0.6 is 11.6 Å². The lowest BCUT2D eigenvalue weighted by Crippen LogP contribution is -2.26. The zero-order valence-electron chi connectivity index (χ0n) is 11.6. The van der Waals surface area contributed by atoms with Crippen molar-refractivity contribution in [1.29, 1.82) is 0 Å². The monoisotopic (exact) mass is 290 g/mol. The summed E-state index contributed by atoms with van der Waals surface area (Å²) in [7, 11) is 0. The van der Waals surface area contributed by atoms with Gasteiger partial charge in [0.25, 0.3) is 0 Å². The van der Waals surface area contributed by atoms with Gasteiger partial charge in [-0.2, -0.15) is 0 Å². The Bertz CT molecular complexity index is 542. The molecule has 0 radical (unpaired) electrons. The molecule has 1 aromatic heterocycles. The summed E-state index contributed by atoms with van der Waals surface area (Å²) in [5, 5.41) is 9.73. The summed E-state index contributed by atoms with van der Waals surface area (Å²) in [6, 6.07) is 12.1. The van der Waals surface area contributed by atoms with Gasteiger partial charge in [0.15, 0.2) is 0 Å². The van der Waals surface area contributed by atoms with Crippen molar-refractivity contribution < 1.29 is 5.11 Å². The second-order valence-electron chi connectivity index (χ2n) is 4.85. The molecule has 0 spiro atoms. The fourth-order valence-electron chi connectivity index (χ4n) is 2.14. The SMILES string of the molecule is Cc1ccccc1CN(CCO)Cc1ccc(Cl)nc1. The molecule has 0 aliphatic carbocycles. The molecule has 0 amide bonds. The van der Waals surface area contributed by atoms with E-state index in [9.17, 15) is 5.11 Å². The Balaban J connectivity index is 2.07. The summed E-state index contributed by atoms with van der Waals surface area (Å²) < 4.78 is 0. The minimum Gasteiger partial charge on any atom is -0.395 e. The summed E-state index contributed by atoms with van der Waals surface area (Å²) in [6.07, 6.45) is 1.78. The van der Waals surface area contributed by atoms with Gasteiger partial charge in [0, 0.05) is 25.8 Å². The predicted molar refractivity (Wildman–Crippen MR) is 81.6 cm³/mol. The number of hydrogen-bond donors (Lipinski definition) is 1. The summed E-state index contributed by atoms with van der Waals surface area (Å²) in [6.45, 7) is 4.45. The highest BCUT2D eigenvalue weighted by atomic mass is 35.5. The predicted octanol–water partition coefficient (Wildman–Crippen LogP) is 3.04. The maximum absolute atomic E-state index is 9.23. The van der Waals surface area contributed by atoms with Crippen LogP contribution in [0.2, 0.25) is 5.15 Å². The number of hydrogen-bond acceptors (Lipinski definition) is 3. The van der Waals surface area contributed by atoms with Crippen LogP contribution in [0.15, 0.2) is 42.6 Å². The summed E-state index contributed by atoms with van der Waals surface area (Å²) in [5.41, 5.74) is 3.64. The van der Waals surface area contributed by atoms with Crippen LogP contribution in [0, 0.1) is 6.92 Å². The van der Waals surface area contributed by atoms with E-state index in [0.717, 1.165) is 18.7 Å². The van der Waals surface area contributed by atoms with Crippen LogP contribution < -0.4 is 0 Å². The van der Waals surface area contributed by atoms with E-state index in [4.69, 9.17) is 11.6 Å². The normalized spacial score (nSPS) is 11.0. The molecule has 0 atom stereocenters. The van der Waals surface area contributed by atoms with E-state index in [1.54, 1.807) is 12.3 Å². The van der Waals surface area contributed by atoms with Crippen LogP contribution in [-0.4, -0.2) is 28.1 Å².